The Morgan fingerprint density at radius 2 is 2.12 bits per heavy atom. The van der Waals surface area contributed by atoms with E-state index in [0.29, 0.717) is 16.8 Å². The first-order chi connectivity index (χ1) is 11.4. The van der Waals surface area contributed by atoms with E-state index in [-0.39, 0.29) is 11.0 Å². The van der Waals surface area contributed by atoms with Crippen LogP contribution in [0, 0.1) is 11.3 Å². The molecule has 24 heavy (non-hydrogen) atoms. The Kier molecular flexibility index (Phi) is 3.45. The van der Waals surface area contributed by atoms with Crippen molar-refractivity contribution >= 4 is 16.9 Å². The van der Waals surface area contributed by atoms with Crippen molar-refractivity contribution in [1.82, 2.24) is 9.78 Å². The summed E-state index contributed by atoms with van der Waals surface area (Å²) in [7, 11) is 0. The first-order valence-electron chi connectivity index (χ1n) is 7.11. The number of carbonyl (C=O) groups is 1. The third-order valence-corrected chi connectivity index (χ3v) is 3.82. The number of furan rings is 1. The van der Waals surface area contributed by atoms with Crippen LogP contribution in [0.5, 0.6) is 0 Å². The average Bonchev–Trinajstić information content (AvgIpc) is 3.05. The molecule has 0 atom stereocenters. The van der Waals surface area contributed by atoms with Gasteiger partial charge in [-0.15, -0.1) is 0 Å². The van der Waals surface area contributed by atoms with E-state index in [9.17, 15) is 14.7 Å². The number of benzene rings is 1. The zero-order valence-electron chi connectivity index (χ0n) is 13.0. The van der Waals surface area contributed by atoms with E-state index in [1.54, 1.807) is 24.3 Å². The number of aromatic nitrogens is 2. The summed E-state index contributed by atoms with van der Waals surface area (Å²) in [5.41, 5.74) is -0.544. The van der Waals surface area contributed by atoms with Crippen LogP contribution in [0.25, 0.3) is 22.2 Å². The van der Waals surface area contributed by atoms with E-state index in [1.807, 2.05) is 6.07 Å². The van der Waals surface area contributed by atoms with Crippen molar-refractivity contribution < 1.29 is 14.3 Å². The van der Waals surface area contributed by atoms with E-state index in [0.717, 1.165) is 4.68 Å². The number of hydrogen-bond donors (Lipinski definition) is 1. The summed E-state index contributed by atoms with van der Waals surface area (Å²) in [5, 5.41) is 22.9. The smallest absolute Gasteiger partial charge is 0.331 e. The molecule has 1 N–H and O–H groups in total. The number of carboxylic acid groups (broad SMARTS) is 1. The van der Waals surface area contributed by atoms with Gasteiger partial charge in [-0.25, -0.2) is 9.48 Å². The molecular weight excluding hydrogens is 310 g/mol. The van der Waals surface area contributed by atoms with Crippen LogP contribution >= 0.6 is 0 Å². The van der Waals surface area contributed by atoms with E-state index in [1.165, 1.54) is 26.2 Å². The topological polar surface area (TPSA) is 109 Å². The third kappa shape index (κ3) is 2.25. The van der Waals surface area contributed by atoms with Crippen LogP contribution in [-0.4, -0.2) is 20.9 Å². The normalized spacial score (nSPS) is 11.4. The molecule has 0 amide bonds. The van der Waals surface area contributed by atoms with Gasteiger partial charge in [0, 0.05) is 5.56 Å². The maximum Gasteiger partial charge on any atom is 0.331 e. The summed E-state index contributed by atoms with van der Waals surface area (Å²) in [6.07, 6.45) is 1.35. The molecule has 3 rings (SSSR count). The Bertz CT molecular complexity index is 1050. The van der Waals surface area contributed by atoms with Gasteiger partial charge in [-0.2, -0.15) is 10.4 Å². The molecule has 120 valence electrons. The molecule has 0 radical (unpaired) electrons. The second-order valence-electron chi connectivity index (χ2n) is 5.79. The molecule has 2 heterocycles. The highest BCUT2D eigenvalue weighted by Gasteiger charge is 2.33. The predicted molar refractivity (Wildman–Crippen MR) is 85.4 cm³/mol. The maximum absolute atomic E-state index is 12.6. The van der Waals surface area contributed by atoms with Gasteiger partial charge in [-0.1, -0.05) is 12.1 Å². The zero-order chi connectivity index (χ0) is 17.5. The minimum atomic E-state index is -1.54. The van der Waals surface area contributed by atoms with Crippen LogP contribution in [0.1, 0.15) is 19.4 Å². The van der Waals surface area contributed by atoms with E-state index in [4.69, 9.17) is 9.68 Å². The van der Waals surface area contributed by atoms with Gasteiger partial charge in [0.15, 0.2) is 11.1 Å². The molecule has 0 aliphatic heterocycles. The fourth-order valence-electron chi connectivity index (χ4n) is 2.36. The molecule has 0 fully saturated rings. The number of aliphatic carboxylic acids is 1. The Balaban J connectivity index is 2.39. The van der Waals surface area contributed by atoms with Crippen LogP contribution in [0.3, 0.4) is 0 Å². The monoisotopic (exact) mass is 323 g/mol. The molecule has 7 nitrogen and oxygen atoms in total. The molecule has 0 unspecified atom stereocenters. The highest BCUT2D eigenvalue weighted by Crippen LogP contribution is 2.27. The molecule has 7 heteroatoms. The molecule has 0 aliphatic rings. The first kappa shape index (κ1) is 15.5. The second-order valence-corrected chi connectivity index (χ2v) is 5.79. The molecule has 0 spiro atoms. The number of carboxylic acids is 1. The lowest BCUT2D eigenvalue weighted by molar-refractivity contribution is -0.146. The Hall–Kier alpha value is -3.40. The van der Waals surface area contributed by atoms with Crippen molar-refractivity contribution in [3.63, 3.8) is 0 Å². The molecule has 0 aliphatic carbocycles. The fraction of sp³-hybridized carbons (Fsp3) is 0.176. The first-order valence-corrected chi connectivity index (χ1v) is 7.11. The van der Waals surface area contributed by atoms with Gasteiger partial charge in [0.25, 0.3) is 5.56 Å². The SMILES string of the molecule is CC(C)(C(=O)O)n1nc(-c2cccc(C#N)c2)c2occc2c1=O. The van der Waals surface area contributed by atoms with Crippen LogP contribution in [0.4, 0.5) is 0 Å². The Morgan fingerprint density at radius 3 is 2.79 bits per heavy atom. The van der Waals surface area contributed by atoms with Gasteiger partial charge in [-0.3, -0.25) is 4.79 Å². The quantitative estimate of drug-likeness (QED) is 0.792. The van der Waals surface area contributed by atoms with E-state index < -0.39 is 17.1 Å². The second kappa shape index (κ2) is 5.35. The summed E-state index contributed by atoms with van der Waals surface area (Å²) in [5.74, 6) is -1.18. The molecule has 0 saturated heterocycles. The van der Waals surface area contributed by atoms with E-state index in [2.05, 4.69) is 5.10 Å². The largest absolute Gasteiger partial charge is 0.479 e. The number of hydrogen-bond acceptors (Lipinski definition) is 5. The lowest BCUT2D eigenvalue weighted by Crippen LogP contribution is -2.44. The van der Waals surface area contributed by atoms with Gasteiger partial charge in [0.1, 0.15) is 5.69 Å². The minimum absolute atomic E-state index is 0.233. The average molecular weight is 323 g/mol. The predicted octanol–water partition coefficient (Wildman–Crippen LogP) is 2.35. The molecular formula is C17H13N3O4. The van der Waals surface area contributed by atoms with Gasteiger partial charge in [0.05, 0.1) is 23.3 Å². The zero-order valence-corrected chi connectivity index (χ0v) is 13.0. The van der Waals surface area contributed by atoms with Crippen LogP contribution < -0.4 is 5.56 Å². The van der Waals surface area contributed by atoms with Crippen molar-refractivity contribution in [1.29, 1.82) is 5.26 Å². The van der Waals surface area contributed by atoms with Gasteiger partial charge >= 0.3 is 5.97 Å². The summed E-state index contributed by atoms with van der Waals surface area (Å²) >= 11 is 0. The standard InChI is InChI=1S/C17H13N3O4/c1-17(2,16(22)23)20-15(21)12-6-7-24-14(12)13(19-20)11-5-3-4-10(8-11)9-18/h3-8H,1-2H3,(H,22,23). The van der Waals surface area contributed by atoms with Crippen molar-refractivity contribution in [2.45, 2.75) is 19.4 Å². The van der Waals surface area contributed by atoms with Crippen LogP contribution in [0.2, 0.25) is 0 Å². The van der Waals surface area contributed by atoms with Crippen molar-refractivity contribution in [3.8, 4) is 17.3 Å². The number of nitrogens with zero attached hydrogens (tertiary/aromatic N) is 3. The fourth-order valence-corrected chi connectivity index (χ4v) is 2.36. The lowest BCUT2D eigenvalue weighted by Gasteiger charge is -2.21. The molecule has 2 aromatic heterocycles. The summed E-state index contributed by atoms with van der Waals surface area (Å²) in [6, 6.07) is 10.2. The molecule has 1 aromatic carbocycles. The summed E-state index contributed by atoms with van der Waals surface area (Å²) < 4.78 is 6.31. The van der Waals surface area contributed by atoms with Crippen molar-refractivity contribution in [3.05, 3.63) is 52.5 Å². The number of rotatable bonds is 3. The summed E-state index contributed by atoms with van der Waals surface area (Å²) in [4.78, 5) is 24.1. The van der Waals surface area contributed by atoms with Crippen molar-refractivity contribution in [2.24, 2.45) is 0 Å². The van der Waals surface area contributed by atoms with Gasteiger partial charge in [0.2, 0.25) is 0 Å². The van der Waals surface area contributed by atoms with Crippen molar-refractivity contribution in [2.75, 3.05) is 0 Å². The highest BCUT2D eigenvalue weighted by atomic mass is 16.4. The number of fused-ring (bicyclic) bond motifs is 1. The Labute approximate surface area is 136 Å². The maximum atomic E-state index is 12.6. The third-order valence-electron chi connectivity index (χ3n) is 3.82. The summed E-state index contributed by atoms with van der Waals surface area (Å²) in [6.45, 7) is 2.79. The van der Waals surface area contributed by atoms with E-state index >= 15 is 0 Å². The Morgan fingerprint density at radius 1 is 1.38 bits per heavy atom. The van der Waals surface area contributed by atoms with Gasteiger partial charge < -0.3 is 9.52 Å². The molecule has 0 bridgehead atoms. The number of nitriles is 1. The highest BCUT2D eigenvalue weighted by molar-refractivity contribution is 5.89. The molecule has 0 saturated carbocycles. The minimum Gasteiger partial charge on any atom is -0.479 e. The van der Waals surface area contributed by atoms with Gasteiger partial charge in [-0.05, 0) is 32.0 Å². The molecule has 3 aromatic rings. The van der Waals surface area contributed by atoms with Crippen LogP contribution in [0.15, 0.2) is 45.8 Å². The van der Waals surface area contributed by atoms with Crippen LogP contribution in [-0.2, 0) is 10.3 Å². The lowest BCUT2D eigenvalue weighted by atomic mass is 10.0.